The Hall–Kier alpha value is -3.46. The fourth-order valence-electron chi connectivity index (χ4n) is 4.22. The lowest BCUT2D eigenvalue weighted by molar-refractivity contribution is -0.110. The van der Waals surface area contributed by atoms with Crippen molar-refractivity contribution in [2.75, 3.05) is 63.4 Å². The van der Waals surface area contributed by atoms with Gasteiger partial charge in [-0.15, -0.1) is 0 Å². The van der Waals surface area contributed by atoms with Crippen molar-refractivity contribution < 1.29 is 14.3 Å². The SMILES string of the molecule is COc1cc(OC)c(Cl)c(-c2ccc(C(=N)C(=O)Nc3ccc(N4CCN(C)CC4)cc3)c(N)c2)c1Cl. The number of anilines is 3. The molecule has 1 heterocycles. The zero-order chi connectivity index (χ0) is 26.7. The maximum Gasteiger partial charge on any atom is 0.274 e. The second-order valence-electron chi connectivity index (χ2n) is 8.75. The summed E-state index contributed by atoms with van der Waals surface area (Å²) < 4.78 is 10.7. The van der Waals surface area contributed by atoms with Crippen molar-refractivity contribution in [3.05, 3.63) is 64.1 Å². The van der Waals surface area contributed by atoms with Crippen LogP contribution in [0.2, 0.25) is 10.0 Å². The highest BCUT2D eigenvalue weighted by Gasteiger charge is 2.21. The fraction of sp³-hybridized carbons (Fsp3) is 0.259. The van der Waals surface area contributed by atoms with E-state index in [1.807, 2.05) is 24.3 Å². The van der Waals surface area contributed by atoms with E-state index >= 15 is 0 Å². The molecule has 1 fully saturated rings. The number of piperazine rings is 1. The standard InChI is InChI=1S/C27H29Cl2N5O3/c1-33-10-12-34(13-11-33)18-7-5-17(6-8-18)32-27(35)26(31)19-9-4-16(14-20(19)30)23-24(28)21(36-2)15-22(37-3)25(23)29/h4-9,14-15,31H,10-13,30H2,1-3H3,(H,32,35). The number of benzene rings is 3. The smallest absolute Gasteiger partial charge is 0.274 e. The highest BCUT2D eigenvalue weighted by atomic mass is 35.5. The van der Waals surface area contributed by atoms with Crippen molar-refractivity contribution in [1.82, 2.24) is 4.90 Å². The summed E-state index contributed by atoms with van der Waals surface area (Å²) in [6.07, 6.45) is 0. The first-order valence-corrected chi connectivity index (χ1v) is 12.4. The summed E-state index contributed by atoms with van der Waals surface area (Å²) in [4.78, 5) is 17.4. The Morgan fingerprint density at radius 1 is 0.946 bits per heavy atom. The molecular formula is C27H29Cl2N5O3. The van der Waals surface area contributed by atoms with Crippen molar-refractivity contribution in [3.63, 3.8) is 0 Å². The summed E-state index contributed by atoms with van der Waals surface area (Å²) in [6.45, 7) is 3.95. The van der Waals surface area contributed by atoms with Crippen LogP contribution >= 0.6 is 23.2 Å². The van der Waals surface area contributed by atoms with E-state index in [0.717, 1.165) is 31.9 Å². The summed E-state index contributed by atoms with van der Waals surface area (Å²) >= 11 is 13.0. The van der Waals surface area contributed by atoms with E-state index in [1.54, 1.807) is 24.3 Å². The van der Waals surface area contributed by atoms with Gasteiger partial charge in [-0.05, 0) is 49.0 Å². The van der Waals surface area contributed by atoms with E-state index in [9.17, 15) is 4.79 Å². The molecule has 0 aliphatic carbocycles. The Balaban J connectivity index is 1.51. The Morgan fingerprint density at radius 2 is 1.54 bits per heavy atom. The number of likely N-dealkylation sites (N-methyl/N-ethyl adjacent to an activating group) is 1. The highest BCUT2D eigenvalue weighted by Crippen LogP contribution is 2.46. The third kappa shape index (κ3) is 5.61. The lowest BCUT2D eigenvalue weighted by Gasteiger charge is -2.34. The number of nitrogen functional groups attached to an aromatic ring is 1. The second kappa shape index (κ2) is 11.3. The van der Waals surface area contributed by atoms with E-state index in [4.69, 9.17) is 43.8 Å². The van der Waals surface area contributed by atoms with E-state index in [1.165, 1.54) is 14.2 Å². The van der Waals surface area contributed by atoms with E-state index in [-0.39, 0.29) is 17.0 Å². The van der Waals surface area contributed by atoms with Gasteiger partial charge in [-0.2, -0.15) is 0 Å². The van der Waals surface area contributed by atoms with Crippen LogP contribution in [0.5, 0.6) is 11.5 Å². The van der Waals surface area contributed by atoms with Crippen molar-refractivity contribution >= 4 is 51.9 Å². The number of carbonyl (C=O) groups excluding carboxylic acids is 1. The molecule has 3 aromatic rings. The van der Waals surface area contributed by atoms with Gasteiger partial charge in [-0.25, -0.2) is 0 Å². The first kappa shape index (κ1) is 26.6. The minimum Gasteiger partial charge on any atom is -0.495 e. The van der Waals surface area contributed by atoms with Gasteiger partial charge in [0.2, 0.25) is 0 Å². The molecular weight excluding hydrogens is 513 g/mol. The molecule has 0 unspecified atom stereocenters. The van der Waals surface area contributed by atoms with E-state index < -0.39 is 5.91 Å². The molecule has 0 atom stereocenters. The Bertz CT molecular complexity index is 1290. The quantitative estimate of drug-likeness (QED) is 0.286. The Morgan fingerprint density at radius 3 is 2.08 bits per heavy atom. The molecule has 37 heavy (non-hydrogen) atoms. The first-order chi connectivity index (χ1) is 17.7. The monoisotopic (exact) mass is 541 g/mol. The molecule has 4 N–H and O–H groups in total. The van der Waals surface area contributed by atoms with Gasteiger partial charge in [0.1, 0.15) is 17.2 Å². The zero-order valence-corrected chi connectivity index (χ0v) is 22.4. The number of ether oxygens (including phenoxy) is 2. The van der Waals surface area contributed by atoms with Crippen LogP contribution in [-0.2, 0) is 4.79 Å². The second-order valence-corrected chi connectivity index (χ2v) is 9.51. The van der Waals surface area contributed by atoms with Crippen molar-refractivity contribution in [3.8, 4) is 22.6 Å². The largest absolute Gasteiger partial charge is 0.495 e. The molecule has 4 rings (SSSR count). The molecule has 0 saturated carbocycles. The number of amides is 1. The van der Waals surface area contributed by atoms with Gasteiger partial charge >= 0.3 is 0 Å². The first-order valence-electron chi connectivity index (χ1n) is 11.7. The zero-order valence-electron chi connectivity index (χ0n) is 20.9. The van der Waals surface area contributed by atoms with Gasteiger partial charge in [0.05, 0.1) is 24.3 Å². The average Bonchev–Trinajstić information content (AvgIpc) is 2.89. The van der Waals surface area contributed by atoms with Gasteiger partial charge in [0.25, 0.3) is 5.91 Å². The predicted octanol–water partition coefficient (Wildman–Crippen LogP) is 5.02. The molecule has 0 spiro atoms. The average molecular weight is 542 g/mol. The van der Waals surface area contributed by atoms with Crippen LogP contribution in [0.1, 0.15) is 5.56 Å². The Kier molecular flexibility index (Phi) is 8.12. The molecule has 1 saturated heterocycles. The number of methoxy groups -OCH3 is 2. The highest BCUT2D eigenvalue weighted by molar-refractivity contribution is 6.48. The van der Waals surface area contributed by atoms with E-state index in [2.05, 4.69) is 22.2 Å². The van der Waals surface area contributed by atoms with Crippen molar-refractivity contribution in [2.45, 2.75) is 0 Å². The summed E-state index contributed by atoms with van der Waals surface area (Å²) in [6, 6.07) is 14.1. The van der Waals surface area contributed by atoms with Crippen LogP contribution in [0.15, 0.2) is 48.5 Å². The van der Waals surface area contributed by atoms with Crippen LogP contribution in [0.25, 0.3) is 11.1 Å². The van der Waals surface area contributed by atoms with Gasteiger partial charge in [0.15, 0.2) is 0 Å². The lowest BCUT2D eigenvalue weighted by atomic mass is 9.99. The third-order valence-corrected chi connectivity index (χ3v) is 7.15. The summed E-state index contributed by atoms with van der Waals surface area (Å²) in [5.41, 5.74) is 9.32. The number of hydrogen-bond acceptors (Lipinski definition) is 7. The number of halogens is 2. The summed E-state index contributed by atoms with van der Waals surface area (Å²) in [5.74, 6) is 0.226. The fourth-order valence-corrected chi connectivity index (χ4v) is 4.94. The molecule has 0 radical (unpaired) electrons. The Labute approximate surface area is 226 Å². The molecule has 10 heteroatoms. The maximum atomic E-state index is 12.8. The van der Waals surface area contributed by atoms with Gasteiger partial charge < -0.3 is 30.3 Å². The van der Waals surface area contributed by atoms with Gasteiger partial charge in [0, 0.05) is 60.4 Å². The molecule has 0 bridgehead atoms. The van der Waals surface area contributed by atoms with Gasteiger partial charge in [-0.1, -0.05) is 29.3 Å². The normalized spacial score (nSPS) is 13.8. The van der Waals surface area contributed by atoms with Crippen LogP contribution in [0.4, 0.5) is 17.1 Å². The number of carbonyl (C=O) groups is 1. The van der Waals surface area contributed by atoms with Crippen LogP contribution < -0.4 is 25.4 Å². The van der Waals surface area contributed by atoms with Crippen molar-refractivity contribution in [1.29, 1.82) is 5.41 Å². The van der Waals surface area contributed by atoms with Gasteiger partial charge in [-0.3, -0.25) is 10.2 Å². The number of nitrogens with two attached hydrogens (primary N) is 1. The molecule has 0 aromatic heterocycles. The summed E-state index contributed by atoms with van der Waals surface area (Å²) in [5, 5.41) is 11.8. The number of nitrogens with one attached hydrogen (secondary N) is 2. The molecule has 8 nitrogen and oxygen atoms in total. The minimum absolute atomic E-state index is 0.233. The van der Waals surface area contributed by atoms with Crippen LogP contribution in [-0.4, -0.2) is 64.0 Å². The topological polar surface area (TPSA) is 104 Å². The minimum atomic E-state index is -0.564. The van der Waals surface area contributed by atoms with Crippen LogP contribution in [0, 0.1) is 5.41 Å². The van der Waals surface area contributed by atoms with Crippen molar-refractivity contribution in [2.24, 2.45) is 0 Å². The molecule has 1 aliphatic heterocycles. The van der Waals surface area contributed by atoms with E-state index in [0.29, 0.717) is 38.4 Å². The lowest BCUT2D eigenvalue weighted by Crippen LogP contribution is -2.44. The molecule has 1 amide bonds. The molecule has 1 aliphatic rings. The number of hydrogen-bond donors (Lipinski definition) is 3. The molecule has 3 aromatic carbocycles. The van der Waals surface area contributed by atoms with Crippen LogP contribution in [0.3, 0.4) is 0 Å². The number of rotatable bonds is 7. The molecule has 194 valence electrons. The third-order valence-electron chi connectivity index (χ3n) is 6.40. The predicted molar refractivity (Wildman–Crippen MR) is 151 cm³/mol. The summed E-state index contributed by atoms with van der Waals surface area (Å²) in [7, 11) is 5.11. The number of nitrogens with zero attached hydrogens (tertiary/aromatic N) is 2. The maximum absolute atomic E-state index is 12.8.